The third-order valence-corrected chi connectivity index (χ3v) is 3.65. The number of anilines is 1. The van der Waals surface area contributed by atoms with Crippen molar-refractivity contribution in [3.8, 4) is 0 Å². The lowest BCUT2D eigenvalue weighted by Crippen LogP contribution is -2.20. The van der Waals surface area contributed by atoms with E-state index in [0.717, 1.165) is 11.3 Å². The fourth-order valence-electron chi connectivity index (χ4n) is 2.50. The zero-order valence-electron chi connectivity index (χ0n) is 13.7. The molecule has 0 aliphatic carbocycles. The second kappa shape index (κ2) is 7.04. The molecule has 3 rings (SSSR count). The van der Waals surface area contributed by atoms with Gasteiger partial charge in [-0.3, -0.25) is 4.79 Å². The molecule has 0 radical (unpaired) electrons. The second-order valence-corrected chi connectivity index (χ2v) is 5.79. The Morgan fingerprint density at radius 2 is 2.00 bits per heavy atom. The van der Waals surface area contributed by atoms with Gasteiger partial charge in [0.05, 0.1) is 17.6 Å². The van der Waals surface area contributed by atoms with Gasteiger partial charge in [-0.1, -0.05) is 44.2 Å². The molecule has 2 heterocycles. The van der Waals surface area contributed by atoms with Crippen molar-refractivity contribution in [2.24, 2.45) is 0 Å². The SMILES string of the molecule is CC(C)c1ncncc1NC(=O)c1nccn1Cc1ccccc1. The first kappa shape index (κ1) is 15.9. The quantitative estimate of drug-likeness (QED) is 0.784. The Kier molecular flexibility index (Phi) is 4.65. The van der Waals surface area contributed by atoms with Crippen molar-refractivity contribution < 1.29 is 4.79 Å². The molecule has 0 saturated carbocycles. The smallest absolute Gasteiger partial charge is 0.291 e. The lowest BCUT2D eigenvalue weighted by Gasteiger charge is -2.12. The number of hydrogen-bond donors (Lipinski definition) is 1. The van der Waals surface area contributed by atoms with Gasteiger partial charge in [-0.25, -0.2) is 15.0 Å². The summed E-state index contributed by atoms with van der Waals surface area (Å²) >= 11 is 0. The van der Waals surface area contributed by atoms with Crippen LogP contribution in [-0.4, -0.2) is 25.4 Å². The van der Waals surface area contributed by atoms with Gasteiger partial charge in [0, 0.05) is 18.9 Å². The lowest BCUT2D eigenvalue weighted by molar-refractivity contribution is 0.101. The van der Waals surface area contributed by atoms with Crippen LogP contribution >= 0.6 is 0 Å². The Balaban J connectivity index is 1.81. The topological polar surface area (TPSA) is 72.7 Å². The van der Waals surface area contributed by atoms with Crippen LogP contribution < -0.4 is 5.32 Å². The molecule has 1 amide bonds. The van der Waals surface area contributed by atoms with E-state index in [1.54, 1.807) is 18.6 Å². The normalized spacial score (nSPS) is 10.8. The van der Waals surface area contributed by atoms with Crippen molar-refractivity contribution in [2.45, 2.75) is 26.3 Å². The number of nitrogens with one attached hydrogen (secondary N) is 1. The van der Waals surface area contributed by atoms with Crippen molar-refractivity contribution in [2.75, 3.05) is 5.32 Å². The van der Waals surface area contributed by atoms with E-state index in [2.05, 4.69) is 20.3 Å². The average Bonchev–Trinajstić information content (AvgIpc) is 3.04. The molecule has 122 valence electrons. The van der Waals surface area contributed by atoms with Gasteiger partial charge in [0.1, 0.15) is 6.33 Å². The molecule has 0 aliphatic heterocycles. The van der Waals surface area contributed by atoms with Crippen LogP contribution in [0.3, 0.4) is 0 Å². The molecule has 6 nitrogen and oxygen atoms in total. The summed E-state index contributed by atoms with van der Waals surface area (Å²) in [6, 6.07) is 9.95. The summed E-state index contributed by atoms with van der Waals surface area (Å²) in [7, 11) is 0. The summed E-state index contributed by atoms with van der Waals surface area (Å²) in [4.78, 5) is 25.1. The van der Waals surface area contributed by atoms with Gasteiger partial charge in [0.15, 0.2) is 5.82 Å². The predicted molar refractivity (Wildman–Crippen MR) is 91.8 cm³/mol. The molecule has 24 heavy (non-hydrogen) atoms. The van der Waals surface area contributed by atoms with Gasteiger partial charge in [-0.2, -0.15) is 0 Å². The zero-order valence-corrected chi connectivity index (χ0v) is 13.7. The first-order valence-electron chi connectivity index (χ1n) is 7.81. The van der Waals surface area contributed by atoms with E-state index in [-0.39, 0.29) is 11.8 Å². The van der Waals surface area contributed by atoms with E-state index in [4.69, 9.17) is 0 Å². The van der Waals surface area contributed by atoms with Crippen LogP contribution in [0, 0.1) is 0 Å². The number of amides is 1. The van der Waals surface area contributed by atoms with Crippen LogP contribution in [0.1, 0.15) is 41.6 Å². The number of aromatic nitrogens is 4. The van der Waals surface area contributed by atoms with Crippen LogP contribution in [0.25, 0.3) is 0 Å². The van der Waals surface area contributed by atoms with Gasteiger partial charge in [0.2, 0.25) is 0 Å². The standard InChI is InChI=1S/C18H19N5O/c1-13(2)16-15(10-19-12-21-16)22-18(24)17-20-8-9-23(17)11-14-6-4-3-5-7-14/h3-10,12-13H,11H2,1-2H3,(H,22,24). The zero-order chi connectivity index (χ0) is 16.9. The third-order valence-electron chi connectivity index (χ3n) is 3.65. The molecule has 6 heteroatoms. The largest absolute Gasteiger partial charge is 0.322 e. The molecule has 0 fully saturated rings. The fraction of sp³-hybridized carbons (Fsp3) is 0.222. The maximum Gasteiger partial charge on any atom is 0.291 e. The summed E-state index contributed by atoms with van der Waals surface area (Å²) in [5.74, 6) is 0.275. The molecule has 1 N–H and O–H groups in total. The maximum absolute atomic E-state index is 12.6. The molecule has 2 aromatic heterocycles. The monoisotopic (exact) mass is 321 g/mol. The first-order chi connectivity index (χ1) is 11.6. The summed E-state index contributed by atoms with van der Waals surface area (Å²) in [5.41, 5.74) is 2.53. The van der Waals surface area contributed by atoms with Crippen LogP contribution in [0.2, 0.25) is 0 Å². The van der Waals surface area contributed by atoms with Crippen LogP contribution in [0.4, 0.5) is 5.69 Å². The molecular weight excluding hydrogens is 302 g/mol. The van der Waals surface area contributed by atoms with Gasteiger partial charge >= 0.3 is 0 Å². The number of carbonyl (C=O) groups is 1. The number of hydrogen-bond acceptors (Lipinski definition) is 4. The number of rotatable bonds is 5. The summed E-state index contributed by atoms with van der Waals surface area (Å²) in [5, 5.41) is 2.87. The Labute approximate surface area is 140 Å². The van der Waals surface area contributed by atoms with Crippen LogP contribution in [0.5, 0.6) is 0 Å². The molecule has 0 aliphatic rings. The van der Waals surface area contributed by atoms with Crippen molar-refractivity contribution in [3.05, 3.63) is 72.3 Å². The molecule has 0 unspecified atom stereocenters. The molecule has 0 saturated heterocycles. The molecule has 0 spiro atoms. The molecular formula is C18H19N5O. The molecule has 0 bridgehead atoms. The maximum atomic E-state index is 12.6. The van der Waals surface area contributed by atoms with E-state index < -0.39 is 0 Å². The Morgan fingerprint density at radius 3 is 2.75 bits per heavy atom. The van der Waals surface area contributed by atoms with Gasteiger partial charge < -0.3 is 9.88 Å². The van der Waals surface area contributed by atoms with Gasteiger partial charge in [0.25, 0.3) is 5.91 Å². The minimum atomic E-state index is -0.271. The van der Waals surface area contributed by atoms with Crippen molar-refractivity contribution >= 4 is 11.6 Å². The highest BCUT2D eigenvalue weighted by molar-refractivity contribution is 6.02. The number of imidazole rings is 1. The van der Waals surface area contributed by atoms with Crippen molar-refractivity contribution in [1.82, 2.24) is 19.5 Å². The van der Waals surface area contributed by atoms with E-state index in [1.807, 2.05) is 48.7 Å². The molecule has 1 aromatic carbocycles. The summed E-state index contributed by atoms with van der Waals surface area (Å²) < 4.78 is 1.82. The Morgan fingerprint density at radius 1 is 1.21 bits per heavy atom. The fourth-order valence-corrected chi connectivity index (χ4v) is 2.50. The van der Waals surface area contributed by atoms with E-state index in [0.29, 0.717) is 18.1 Å². The minimum Gasteiger partial charge on any atom is -0.322 e. The van der Waals surface area contributed by atoms with Gasteiger partial charge in [-0.15, -0.1) is 0 Å². The minimum absolute atomic E-state index is 0.187. The number of benzene rings is 1. The van der Waals surface area contributed by atoms with Gasteiger partial charge in [-0.05, 0) is 11.5 Å². The Bertz CT molecular complexity index is 826. The lowest BCUT2D eigenvalue weighted by atomic mass is 10.1. The van der Waals surface area contributed by atoms with Crippen LogP contribution in [0.15, 0.2) is 55.2 Å². The summed E-state index contributed by atoms with van der Waals surface area (Å²) in [6.07, 6.45) is 6.53. The highest BCUT2D eigenvalue weighted by Gasteiger charge is 2.16. The Hall–Kier alpha value is -3.02. The highest BCUT2D eigenvalue weighted by atomic mass is 16.2. The number of carbonyl (C=O) groups excluding carboxylic acids is 1. The van der Waals surface area contributed by atoms with E-state index in [1.165, 1.54) is 6.33 Å². The van der Waals surface area contributed by atoms with E-state index in [9.17, 15) is 4.79 Å². The highest BCUT2D eigenvalue weighted by Crippen LogP contribution is 2.20. The molecule has 3 aromatic rings. The van der Waals surface area contributed by atoms with Crippen molar-refractivity contribution in [3.63, 3.8) is 0 Å². The third kappa shape index (κ3) is 3.48. The van der Waals surface area contributed by atoms with E-state index >= 15 is 0 Å². The second-order valence-electron chi connectivity index (χ2n) is 5.79. The first-order valence-corrected chi connectivity index (χ1v) is 7.81. The van der Waals surface area contributed by atoms with Crippen molar-refractivity contribution in [1.29, 1.82) is 0 Å². The number of nitrogens with zero attached hydrogens (tertiary/aromatic N) is 4. The average molecular weight is 321 g/mol. The summed E-state index contributed by atoms with van der Waals surface area (Å²) in [6.45, 7) is 4.63. The predicted octanol–water partition coefficient (Wildman–Crippen LogP) is 3.10. The van der Waals surface area contributed by atoms with Crippen LogP contribution in [-0.2, 0) is 6.54 Å². The molecule has 0 atom stereocenters.